The lowest BCUT2D eigenvalue weighted by Gasteiger charge is -2.24. The predicted molar refractivity (Wildman–Crippen MR) is 52.9 cm³/mol. The van der Waals surface area contributed by atoms with Gasteiger partial charge in [-0.2, -0.15) is 0 Å². The minimum absolute atomic E-state index is 0.880. The molecule has 0 heterocycles. The van der Waals surface area contributed by atoms with Gasteiger partial charge in [0.05, 0.1) is 0 Å². The van der Waals surface area contributed by atoms with Gasteiger partial charge in [-0.05, 0) is 44.4 Å². The maximum absolute atomic E-state index is 2.39. The molecule has 0 aromatic heterocycles. The van der Waals surface area contributed by atoms with Gasteiger partial charge in [-0.3, -0.25) is 0 Å². The number of allylic oxidation sites excluding steroid dienone is 4. The lowest BCUT2D eigenvalue weighted by Crippen LogP contribution is -2.13. The summed E-state index contributed by atoms with van der Waals surface area (Å²) in [5.41, 5.74) is 3.21. The van der Waals surface area contributed by atoms with Gasteiger partial charge < -0.3 is 0 Å². The van der Waals surface area contributed by atoms with Gasteiger partial charge in [-0.15, -0.1) is 0 Å². The smallest absolute Gasteiger partial charge is 0.0135 e. The fourth-order valence-corrected chi connectivity index (χ4v) is 2.81. The summed E-state index contributed by atoms with van der Waals surface area (Å²) in [5, 5.41) is 0. The van der Waals surface area contributed by atoms with E-state index >= 15 is 0 Å². The van der Waals surface area contributed by atoms with Gasteiger partial charge in [0.25, 0.3) is 0 Å². The Morgan fingerprint density at radius 2 is 1.42 bits per heavy atom. The molecule has 0 spiro atoms. The van der Waals surface area contributed by atoms with Crippen LogP contribution in [0, 0.1) is 17.8 Å². The van der Waals surface area contributed by atoms with Crippen molar-refractivity contribution in [3.63, 3.8) is 0 Å². The Morgan fingerprint density at radius 1 is 1.00 bits per heavy atom. The van der Waals surface area contributed by atoms with Crippen LogP contribution >= 0.6 is 0 Å². The van der Waals surface area contributed by atoms with Crippen LogP contribution in [0.5, 0.6) is 0 Å². The van der Waals surface area contributed by atoms with Crippen LogP contribution < -0.4 is 0 Å². The zero-order chi connectivity index (χ0) is 8.72. The molecule has 1 saturated carbocycles. The molecule has 66 valence electrons. The predicted octanol–water partition coefficient (Wildman–Crippen LogP) is 3.55. The van der Waals surface area contributed by atoms with Crippen LogP contribution in [-0.4, -0.2) is 0 Å². The van der Waals surface area contributed by atoms with Crippen LogP contribution in [0.15, 0.2) is 23.3 Å². The van der Waals surface area contributed by atoms with E-state index in [1.165, 1.54) is 12.8 Å². The van der Waals surface area contributed by atoms with E-state index in [2.05, 4.69) is 32.9 Å². The Morgan fingerprint density at radius 3 is 1.83 bits per heavy atom. The molecular weight excluding hydrogens is 144 g/mol. The first kappa shape index (κ1) is 8.10. The fourth-order valence-electron chi connectivity index (χ4n) is 2.81. The van der Waals surface area contributed by atoms with Crippen molar-refractivity contribution in [2.75, 3.05) is 0 Å². The van der Waals surface area contributed by atoms with Crippen molar-refractivity contribution in [2.45, 2.75) is 33.6 Å². The molecule has 0 amide bonds. The Kier molecular flexibility index (Phi) is 1.86. The Labute approximate surface area is 75.4 Å². The van der Waals surface area contributed by atoms with Crippen LogP contribution in [0.25, 0.3) is 0 Å². The van der Waals surface area contributed by atoms with Crippen molar-refractivity contribution < 1.29 is 0 Å². The third-order valence-electron chi connectivity index (χ3n) is 3.58. The molecule has 2 rings (SSSR count). The second-order valence-corrected chi connectivity index (χ2v) is 4.61. The lowest BCUT2D eigenvalue weighted by atomic mass is 9.81. The highest BCUT2D eigenvalue weighted by Crippen LogP contribution is 2.45. The first-order chi connectivity index (χ1) is 5.68. The van der Waals surface area contributed by atoms with Crippen LogP contribution in [0.4, 0.5) is 0 Å². The van der Waals surface area contributed by atoms with Gasteiger partial charge in [0.15, 0.2) is 0 Å². The Balaban J connectivity index is 2.27. The summed E-state index contributed by atoms with van der Waals surface area (Å²) < 4.78 is 0. The van der Waals surface area contributed by atoms with Crippen molar-refractivity contribution in [3.05, 3.63) is 23.3 Å². The number of fused-ring (bicyclic) bond motifs is 1. The van der Waals surface area contributed by atoms with Gasteiger partial charge in [-0.25, -0.2) is 0 Å². The largest absolute Gasteiger partial charge is 0.0696 e. The number of hydrogen-bond donors (Lipinski definition) is 0. The summed E-state index contributed by atoms with van der Waals surface area (Å²) in [6.07, 6.45) is 7.46. The second-order valence-electron chi connectivity index (χ2n) is 4.61. The molecule has 2 aliphatic rings. The zero-order valence-electron chi connectivity index (χ0n) is 8.30. The molecule has 0 N–H and O–H groups in total. The highest BCUT2D eigenvalue weighted by atomic mass is 14.4. The highest BCUT2D eigenvalue weighted by molar-refractivity contribution is 5.28. The topological polar surface area (TPSA) is 0 Å². The van der Waals surface area contributed by atoms with E-state index in [9.17, 15) is 0 Å². The average Bonchev–Trinajstić information content (AvgIpc) is 2.41. The number of hydrogen-bond acceptors (Lipinski definition) is 0. The van der Waals surface area contributed by atoms with E-state index in [0.717, 1.165) is 17.8 Å². The molecule has 0 radical (unpaired) electrons. The third-order valence-corrected chi connectivity index (χ3v) is 3.58. The van der Waals surface area contributed by atoms with Crippen molar-refractivity contribution in [1.82, 2.24) is 0 Å². The maximum atomic E-state index is 2.39. The molecule has 0 bridgehead atoms. The maximum Gasteiger partial charge on any atom is -0.0135 e. The van der Waals surface area contributed by atoms with Crippen molar-refractivity contribution in [3.8, 4) is 0 Å². The first-order valence-electron chi connectivity index (χ1n) is 5.03. The molecule has 0 aromatic carbocycles. The molecular formula is C12H18. The first-order valence-corrected chi connectivity index (χ1v) is 5.03. The van der Waals surface area contributed by atoms with Crippen molar-refractivity contribution in [1.29, 1.82) is 0 Å². The van der Waals surface area contributed by atoms with Gasteiger partial charge in [0.1, 0.15) is 0 Å². The fraction of sp³-hybridized carbons (Fsp3) is 0.667. The average molecular weight is 162 g/mol. The molecule has 0 heteroatoms. The normalized spacial score (nSPS) is 40.4. The summed E-state index contributed by atoms with van der Waals surface area (Å²) in [4.78, 5) is 0. The highest BCUT2D eigenvalue weighted by Gasteiger charge is 2.34. The summed E-state index contributed by atoms with van der Waals surface area (Å²) in [7, 11) is 0. The zero-order valence-corrected chi connectivity index (χ0v) is 8.30. The minimum Gasteiger partial charge on any atom is -0.0696 e. The van der Waals surface area contributed by atoms with Crippen molar-refractivity contribution in [2.24, 2.45) is 17.8 Å². The molecule has 2 aliphatic carbocycles. The van der Waals surface area contributed by atoms with Crippen molar-refractivity contribution >= 4 is 0 Å². The molecule has 2 unspecified atom stereocenters. The van der Waals surface area contributed by atoms with Gasteiger partial charge in [0, 0.05) is 0 Å². The summed E-state index contributed by atoms with van der Waals surface area (Å²) in [6, 6.07) is 0. The van der Waals surface area contributed by atoms with E-state index in [4.69, 9.17) is 0 Å². The number of rotatable bonds is 0. The summed E-state index contributed by atoms with van der Waals surface area (Å²) in [6.45, 7) is 6.97. The van der Waals surface area contributed by atoms with E-state index in [1.54, 1.807) is 11.1 Å². The Hall–Kier alpha value is -0.520. The quantitative estimate of drug-likeness (QED) is 0.511. The third kappa shape index (κ3) is 1.14. The minimum atomic E-state index is 0.880. The lowest BCUT2D eigenvalue weighted by molar-refractivity contribution is 0.496. The van der Waals surface area contributed by atoms with E-state index in [-0.39, 0.29) is 0 Å². The van der Waals surface area contributed by atoms with Crippen LogP contribution in [0.2, 0.25) is 0 Å². The molecule has 2 atom stereocenters. The standard InChI is InChI=1S/C12H18/c1-8-6-11-9(2)4-5-10(3)12(11)7-8/h4-5,8,11-12H,6-7H2,1-3H3. The van der Waals surface area contributed by atoms with E-state index < -0.39 is 0 Å². The summed E-state index contributed by atoms with van der Waals surface area (Å²) in [5.74, 6) is 2.69. The van der Waals surface area contributed by atoms with Crippen LogP contribution in [0.3, 0.4) is 0 Å². The SMILES string of the molecule is CC1=CC=C(C)C2CC(C)CC12. The molecule has 12 heavy (non-hydrogen) atoms. The van der Waals surface area contributed by atoms with E-state index in [1.807, 2.05) is 0 Å². The van der Waals surface area contributed by atoms with E-state index in [0.29, 0.717) is 0 Å². The monoisotopic (exact) mass is 162 g/mol. The van der Waals surface area contributed by atoms with Crippen LogP contribution in [-0.2, 0) is 0 Å². The molecule has 1 fully saturated rings. The molecule has 0 aliphatic heterocycles. The molecule has 0 aromatic rings. The second kappa shape index (κ2) is 2.76. The van der Waals surface area contributed by atoms with Gasteiger partial charge in [-0.1, -0.05) is 30.2 Å². The molecule has 0 nitrogen and oxygen atoms in total. The van der Waals surface area contributed by atoms with Gasteiger partial charge >= 0.3 is 0 Å². The summed E-state index contributed by atoms with van der Waals surface area (Å²) >= 11 is 0. The van der Waals surface area contributed by atoms with Crippen LogP contribution in [0.1, 0.15) is 33.6 Å². The Bertz CT molecular complexity index is 219. The van der Waals surface area contributed by atoms with Gasteiger partial charge in [0.2, 0.25) is 0 Å². The molecule has 0 saturated heterocycles.